The van der Waals surface area contributed by atoms with Crippen molar-refractivity contribution in [3.63, 3.8) is 0 Å². The Kier molecular flexibility index (Phi) is 5.26. The zero-order chi connectivity index (χ0) is 14.5. The summed E-state index contributed by atoms with van der Waals surface area (Å²) in [6, 6.07) is 10.1. The molecule has 20 heavy (non-hydrogen) atoms. The third kappa shape index (κ3) is 3.44. The van der Waals surface area contributed by atoms with Gasteiger partial charge in [-0.2, -0.15) is 0 Å². The second kappa shape index (κ2) is 6.95. The lowest BCUT2D eigenvalue weighted by Gasteiger charge is -2.14. The third-order valence-electron chi connectivity index (χ3n) is 2.81. The van der Waals surface area contributed by atoms with Gasteiger partial charge in [-0.25, -0.2) is 4.39 Å². The number of hydrogen-bond acceptors (Lipinski definition) is 2. The average molecular weight is 360 g/mol. The van der Waals surface area contributed by atoms with Crippen LogP contribution in [-0.4, -0.2) is 7.11 Å². The minimum atomic E-state index is -0.382. The monoisotopic (exact) mass is 358 g/mol. The Balaban J connectivity index is 2.22. The van der Waals surface area contributed by atoms with Crippen LogP contribution in [0.25, 0.3) is 0 Å². The summed E-state index contributed by atoms with van der Waals surface area (Å²) in [5, 5.41) is 0.993. The van der Waals surface area contributed by atoms with Gasteiger partial charge < -0.3 is 9.47 Å². The Morgan fingerprint density at radius 3 is 2.65 bits per heavy atom. The average Bonchev–Trinajstić information content (AvgIpc) is 2.46. The first kappa shape index (κ1) is 15.1. The van der Waals surface area contributed by atoms with E-state index in [0.29, 0.717) is 27.4 Å². The lowest BCUT2D eigenvalue weighted by Crippen LogP contribution is -2.02. The van der Waals surface area contributed by atoms with Gasteiger partial charge in [-0.05, 0) is 18.2 Å². The van der Waals surface area contributed by atoms with Crippen LogP contribution in [-0.2, 0) is 11.9 Å². The minimum Gasteiger partial charge on any atom is -0.493 e. The van der Waals surface area contributed by atoms with E-state index < -0.39 is 0 Å². The van der Waals surface area contributed by atoms with Crippen molar-refractivity contribution in [1.29, 1.82) is 0 Å². The molecule has 0 saturated heterocycles. The lowest BCUT2D eigenvalue weighted by atomic mass is 10.2. The molecular weight excluding hydrogens is 347 g/mol. The Morgan fingerprint density at radius 2 is 2.00 bits per heavy atom. The predicted octanol–water partition coefficient (Wildman–Crippen LogP) is 4.96. The fourth-order valence-electron chi connectivity index (χ4n) is 1.78. The van der Waals surface area contributed by atoms with Gasteiger partial charge in [0.2, 0.25) is 0 Å². The van der Waals surface area contributed by atoms with Crippen LogP contribution in [0.15, 0.2) is 36.4 Å². The molecule has 0 N–H and O–H groups in total. The highest BCUT2D eigenvalue weighted by Crippen LogP contribution is 2.33. The first-order valence-corrected chi connectivity index (χ1v) is 7.44. The molecule has 106 valence electrons. The number of rotatable bonds is 5. The van der Waals surface area contributed by atoms with E-state index in [1.54, 1.807) is 25.3 Å². The molecule has 2 aromatic rings. The Morgan fingerprint density at radius 1 is 1.20 bits per heavy atom. The number of alkyl halides is 1. The van der Waals surface area contributed by atoms with Gasteiger partial charge in [0.05, 0.1) is 7.11 Å². The van der Waals surface area contributed by atoms with Gasteiger partial charge >= 0.3 is 0 Å². The zero-order valence-electron chi connectivity index (χ0n) is 10.8. The molecule has 0 saturated carbocycles. The summed E-state index contributed by atoms with van der Waals surface area (Å²) in [6.07, 6.45) is 0. The van der Waals surface area contributed by atoms with Gasteiger partial charge in [0.25, 0.3) is 0 Å². The number of para-hydroxylation sites is 1. The van der Waals surface area contributed by atoms with Crippen LogP contribution in [0.2, 0.25) is 5.02 Å². The highest BCUT2D eigenvalue weighted by molar-refractivity contribution is 9.08. The minimum absolute atomic E-state index is 0.114. The van der Waals surface area contributed by atoms with Crippen LogP contribution in [0, 0.1) is 5.82 Å². The van der Waals surface area contributed by atoms with E-state index in [4.69, 9.17) is 21.1 Å². The normalized spacial score (nSPS) is 10.4. The molecule has 0 amide bonds. The second-order valence-corrected chi connectivity index (χ2v) is 5.10. The number of methoxy groups -OCH3 is 1. The molecule has 0 fully saturated rings. The predicted molar refractivity (Wildman–Crippen MR) is 81.4 cm³/mol. The Bertz CT molecular complexity index is 582. The highest BCUT2D eigenvalue weighted by atomic mass is 79.9. The summed E-state index contributed by atoms with van der Waals surface area (Å²) < 4.78 is 24.7. The van der Waals surface area contributed by atoms with Gasteiger partial charge in [0, 0.05) is 21.5 Å². The molecule has 5 heteroatoms. The Labute approximate surface area is 130 Å². The first-order valence-electron chi connectivity index (χ1n) is 5.94. The van der Waals surface area contributed by atoms with Crippen molar-refractivity contribution in [3.05, 3.63) is 58.4 Å². The van der Waals surface area contributed by atoms with Gasteiger partial charge in [0.15, 0.2) is 11.5 Å². The van der Waals surface area contributed by atoms with E-state index in [1.807, 2.05) is 12.1 Å². The summed E-state index contributed by atoms with van der Waals surface area (Å²) in [6.45, 7) is 0.114. The van der Waals surface area contributed by atoms with Crippen LogP contribution in [0.5, 0.6) is 11.5 Å². The largest absolute Gasteiger partial charge is 0.493 e. The van der Waals surface area contributed by atoms with Gasteiger partial charge in [-0.3, -0.25) is 0 Å². The number of hydrogen-bond donors (Lipinski definition) is 0. The summed E-state index contributed by atoms with van der Waals surface area (Å²) in [4.78, 5) is 0. The number of ether oxygens (including phenoxy) is 2. The SMILES string of the molecule is COc1cccc(CBr)c1OCc1ccc(Cl)cc1F. The van der Waals surface area contributed by atoms with Crippen molar-refractivity contribution >= 4 is 27.5 Å². The fraction of sp³-hybridized carbons (Fsp3) is 0.200. The molecule has 0 heterocycles. The molecule has 2 nitrogen and oxygen atoms in total. The molecule has 0 bridgehead atoms. The standard InChI is InChI=1S/C15H13BrClFO2/c1-19-14-4-2-3-10(8-16)15(14)20-9-11-5-6-12(17)7-13(11)18/h2-7H,8-9H2,1H3. The molecule has 0 atom stereocenters. The maximum atomic E-state index is 13.7. The van der Waals surface area contributed by atoms with E-state index in [2.05, 4.69) is 15.9 Å². The van der Waals surface area contributed by atoms with Crippen LogP contribution in [0.3, 0.4) is 0 Å². The first-order chi connectivity index (χ1) is 9.65. The molecule has 0 aromatic heterocycles. The molecule has 2 rings (SSSR count). The molecule has 0 radical (unpaired) electrons. The van der Waals surface area contributed by atoms with E-state index >= 15 is 0 Å². The van der Waals surface area contributed by atoms with Gasteiger partial charge in [0.1, 0.15) is 12.4 Å². The van der Waals surface area contributed by atoms with Crippen LogP contribution in [0.4, 0.5) is 4.39 Å². The molecule has 0 spiro atoms. The third-order valence-corrected chi connectivity index (χ3v) is 3.65. The zero-order valence-corrected chi connectivity index (χ0v) is 13.2. The second-order valence-electron chi connectivity index (χ2n) is 4.11. The molecule has 0 aliphatic heterocycles. The highest BCUT2D eigenvalue weighted by Gasteiger charge is 2.11. The summed E-state index contributed by atoms with van der Waals surface area (Å²) in [7, 11) is 1.57. The van der Waals surface area contributed by atoms with Crippen LogP contribution in [0.1, 0.15) is 11.1 Å². The van der Waals surface area contributed by atoms with Crippen molar-refractivity contribution < 1.29 is 13.9 Å². The van der Waals surface area contributed by atoms with E-state index in [1.165, 1.54) is 6.07 Å². The van der Waals surface area contributed by atoms with Crippen molar-refractivity contribution in [2.45, 2.75) is 11.9 Å². The van der Waals surface area contributed by atoms with Crippen LogP contribution >= 0.6 is 27.5 Å². The number of halogens is 3. The summed E-state index contributed by atoms with van der Waals surface area (Å²) >= 11 is 9.12. The van der Waals surface area contributed by atoms with Gasteiger partial charge in [-0.1, -0.05) is 45.7 Å². The fourth-order valence-corrected chi connectivity index (χ4v) is 2.38. The smallest absolute Gasteiger partial charge is 0.165 e. The summed E-state index contributed by atoms with van der Waals surface area (Å²) in [5.41, 5.74) is 1.39. The van der Waals surface area contributed by atoms with Crippen molar-refractivity contribution in [1.82, 2.24) is 0 Å². The summed E-state index contributed by atoms with van der Waals surface area (Å²) in [5.74, 6) is 0.852. The Hall–Kier alpha value is -1.26. The van der Waals surface area contributed by atoms with Crippen molar-refractivity contribution in [2.24, 2.45) is 0 Å². The maximum absolute atomic E-state index is 13.7. The van der Waals surface area contributed by atoms with Crippen molar-refractivity contribution in [2.75, 3.05) is 7.11 Å². The quantitative estimate of drug-likeness (QED) is 0.702. The van der Waals surface area contributed by atoms with Gasteiger partial charge in [-0.15, -0.1) is 0 Å². The number of benzene rings is 2. The van der Waals surface area contributed by atoms with E-state index in [0.717, 1.165) is 5.56 Å². The molecule has 2 aromatic carbocycles. The van der Waals surface area contributed by atoms with Crippen LogP contribution < -0.4 is 9.47 Å². The molecule has 0 aliphatic carbocycles. The van der Waals surface area contributed by atoms with Crippen molar-refractivity contribution in [3.8, 4) is 11.5 Å². The molecular formula is C15H13BrClFO2. The lowest BCUT2D eigenvalue weighted by molar-refractivity contribution is 0.277. The van der Waals surface area contributed by atoms with E-state index in [-0.39, 0.29) is 12.4 Å². The molecule has 0 aliphatic rings. The maximum Gasteiger partial charge on any atom is 0.165 e. The van der Waals surface area contributed by atoms with E-state index in [9.17, 15) is 4.39 Å². The topological polar surface area (TPSA) is 18.5 Å². The molecule has 0 unspecified atom stereocenters.